The highest BCUT2D eigenvalue weighted by atomic mass is 16.6. The normalized spacial score (nSPS) is 27.1. The topological polar surface area (TPSA) is 83.1 Å². The summed E-state index contributed by atoms with van der Waals surface area (Å²) in [4.78, 5) is 23.6. The maximum atomic E-state index is 11.8. The highest BCUT2D eigenvalue weighted by molar-refractivity contribution is 5.81. The van der Waals surface area contributed by atoms with Crippen LogP contribution in [0.5, 0.6) is 0 Å². The van der Waals surface area contributed by atoms with E-state index in [1.165, 1.54) is 19.3 Å². The van der Waals surface area contributed by atoms with Crippen molar-refractivity contribution in [1.29, 1.82) is 0 Å². The van der Waals surface area contributed by atoms with Gasteiger partial charge >= 0.3 is 5.97 Å². The summed E-state index contributed by atoms with van der Waals surface area (Å²) in [6.07, 6.45) is 6.41. The van der Waals surface area contributed by atoms with E-state index >= 15 is 0 Å². The summed E-state index contributed by atoms with van der Waals surface area (Å²) in [7, 11) is 0. The number of hydrogen-bond donors (Lipinski definition) is 1. The Morgan fingerprint density at radius 3 is 2.73 bits per heavy atom. The first kappa shape index (κ1) is 21.1. The Hall–Kier alpha value is -1.18. The predicted octanol–water partition coefficient (Wildman–Crippen LogP) is 1.83. The van der Waals surface area contributed by atoms with E-state index in [-0.39, 0.29) is 18.6 Å². The molecule has 0 radical (unpaired) electrons. The van der Waals surface area contributed by atoms with Crippen LogP contribution in [0.1, 0.15) is 52.4 Å². The number of esters is 1. The summed E-state index contributed by atoms with van der Waals surface area (Å²) >= 11 is 0. The van der Waals surface area contributed by atoms with Crippen LogP contribution in [0.2, 0.25) is 0 Å². The molecule has 26 heavy (non-hydrogen) atoms. The smallest absolute Gasteiger partial charge is 0.335 e. The van der Waals surface area contributed by atoms with E-state index < -0.39 is 12.1 Å². The third-order valence-corrected chi connectivity index (χ3v) is 5.02. The minimum absolute atomic E-state index is 0.0560. The van der Waals surface area contributed by atoms with Crippen molar-refractivity contribution < 1.29 is 28.5 Å². The number of hydrogen-bond acceptors (Lipinski definition) is 6. The Bertz CT molecular complexity index is 438. The van der Waals surface area contributed by atoms with Crippen LogP contribution in [0.15, 0.2) is 0 Å². The van der Waals surface area contributed by atoms with Crippen LogP contribution in [0.4, 0.5) is 0 Å². The van der Waals surface area contributed by atoms with Crippen molar-refractivity contribution in [2.75, 3.05) is 33.0 Å². The second kappa shape index (κ2) is 11.5. The highest BCUT2D eigenvalue weighted by Gasteiger charge is 2.22. The lowest BCUT2D eigenvalue weighted by molar-refractivity contribution is -0.160. The monoisotopic (exact) mass is 371 g/mol. The first-order valence-corrected chi connectivity index (χ1v) is 9.84. The number of carbonyl (C=O) groups is 2. The Morgan fingerprint density at radius 1 is 1.19 bits per heavy atom. The van der Waals surface area contributed by atoms with E-state index in [0.717, 1.165) is 25.9 Å². The highest BCUT2D eigenvalue weighted by Crippen LogP contribution is 2.25. The maximum Gasteiger partial charge on any atom is 0.335 e. The fourth-order valence-corrected chi connectivity index (χ4v) is 3.33. The molecule has 4 atom stereocenters. The summed E-state index contributed by atoms with van der Waals surface area (Å²) in [6.45, 7) is 5.56. The van der Waals surface area contributed by atoms with Gasteiger partial charge in [-0.15, -0.1) is 0 Å². The van der Waals surface area contributed by atoms with Gasteiger partial charge < -0.3 is 24.3 Å². The van der Waals surface area contributed by atoms with Gasteiger partial charge in [0.05, 0.1) is 25.4 Å². The Morgan fingerprint density at radius 2 is 2.00 bits per heavy atom. The minimum Gasteiger partial charge on any atom is -0.454 e. The molecule has 7 nitrogen and oxygen atoms in total. The van der Waals surface area contributed by atoms with Crippen molar-refractivity contribution in [3.05, 3.63) is 0 Å². The number of rotatable bonds is 10. The van der Waals surface area contributed by atoms with E-state index in [0.29, 0.717) is 31.8 Å². The molecule has 1 aliphatic carbocycles. The van der Waals surface area contributed by atoms with Gasteiger partial charge in [-0.2, -0.15) is 0 Å². The van der Waals surface area contributed by atoms with Crippen molar-refractivity contribution in [1.82, 2.24) is 5.32 Å². The molecule has 0 spiro atoms. The maximum absolute atomic E-state index is 11.8. The third-order valence-electron chi connectivity index (χ3n) is 5.02. The quantitative estimate of drug-likeness (QED) is 0.466. The van der Waals surface area contributed by atoms with Gasteiger partial charge in [0.2, 0.25) is 0 Å². The lowest BCUT2D eigenvalue weighted by Gasteiger charge is -2.28. The Labute approximate surface area is 156 Å². The average Bonchev–Trinajstić information content (AvgIpc) is 3.16. The molecule has 150 valence electrons. The SMILES string of the molecule is CC(OCC1CCCO1)C(=O)OCC(=O)NCCOC1CCCCC1C. The lowest BCUT2D eigenvalue weighted by atomic mass is 9.88. The Balaban J connectivity index is 1.49. The predicted molar refractivity (Wildman–Crippen MR) is 95.7 cm³/mol. The summed E-state index contributed by atoms with van der Waals surface area (Å²) in [5, 5.41) is 2.71. The van der Waals surface area contributed by atoms with E-state index in [9.17, 15) is 9.59 Å². The molecule has 1 saturated carbocycles. The van der Waals surface area contributed by atoms with Crippen molar-refractivity contribution in [3.8, 4) is 0 Å². The molecule has 2 rings (SSSR count). The second-order valence-corrected chi connectivity index (χ2v) is 7.24. The van der Waals surface area contributed by atoms with Crippen molar-refractivity contribution in [2.24, 2.45) is 5.92 Å². The van der Waals surface area contributed by atoms with Crippen LogP contribution in [-0.2, 0) is 28.5 Å². The summed E-state index contributed by atoms with van der Waals surface area (Å²) in [5.41, 5.74) is 0. The molecule has 1 N–H and O–H groups in total. The van der Waals surface area contributed by atoms with Gasteiger partial charge in [-0.3, -0.25) is 4.79 Å². The number of nitrogens with one attached hydrogen (secondary N) is 1. The zero-order chi connectivity index (χ0) is 18.8. The van der Waals surface area contributed by atoms with Gasteiger partial charge in [0, 0.05) is 13.2 Å². The van der Waals surface area contributed by atoms with Crippen LogP contribution in [0, 0.1) is 5.92 Å². The molecule has 0 bridgehead atoms. The van der Waals surface area contributed by atoms with E-state index in [1.807, 2.05) is 0 Å². The first-order chi connectivity index (χ1) is 12.6. The van der Waals surface area contributed by atoms with Crippen LogP contribution in [0.25, 0.3) is 0 Å². The zero-order valence-corrected chi connectivity index (χ0v) is 16.0. The van der Waals surface area contributed by atoms with E-state index in [4.69, 9.17) is 18.9 Å². The van der Waals surface area contributed by atoms with Gasteiger partial charge in [0.25, 0.3) is 5.91 Å². The molecular weight excluding hydrogens is 338 g/mol. The Kier molecular flexibility index (Phi) is 9.36. The number of ether oxygens (including phenoxy) is 4. The molecule has 0 aromatic rings. The number of amides is 1. The molecule has 2 fully saturated rings. The standard InChI is InChI=1S/C19H33NO6/c1-14-6-3-4-8-17(14)24-11-9-20-18(21)13-26-19(22)15(2)25-12-16-7-5-10-23-16/h14-17H,3-13H2,1-2H3,(H,20,21). The second-order valence-electron chi connectivity index (χ2n) is 7.24. The van der Waals surface area contributed by atoms with Gasteiger partial charge in [-0.1, -0.05) is 19.8 Å². The van der Waals surface area contributed by atoms with Gasteiger partial charge in [0.15, 0.2) is 12.7 Å². The molecule has 1 amide bonds. The average molecular weight is 371 g/mol. The van der Waals surface area contributed by atoms with Gasteiger partial charge in [-0.05, 0) is 38.5 Å². The van der Waals surface area contributed by atoms with Crippen molar-refractivity contribution in [2.45, 2.75) is 70.7 Å². The molecular formula is C19H33NO6. The third kappa shape index (κ3) is 7.60. The molecule has 4 unspecified atom stereocenters. The lowest BCUT2D eigenvalue weighted by Crippen LogP contribution is -2.35. The summed E-state index contributed by atoms with van der Waals surface area (Å²) in [6, 6.07) is 0. The first-order valence-electron chi connectivity index (χ1n) is 9.84. The molecule has 7 heteroatoms. The molecule has 2 aliphatic rings. The van der Waals surface area contributed by atoms with Gasteiger partial charge in [-0.25, -0.2) is 4.79 Å². The van der Waals surface area contributed by atoms with Crippen LogP contribution < -0.4 is 5.32 Å². The molecule has 1 aliphatic heterocycles. The molecule has 1 heterocycles. The summed E-state index contributed by atoms with van der Waals surface area (Å²) in [5.74, 6) is -0.285. The fourth-order valence-electron chi connectivity index (χ4n) is 3.33. The molecule has 1 saturated heterocycles. The minimum atomic E-state index is -0.705. The van der Waals surface area contributed by atoms with Crippen LogP contribution >= 0.6 is 0 Å². The van der Waals surface area contributed by atoms with Crippen molar-refractivity contribution in [3.63, 3.8) is 0 Å². The van der Waals surface area contributed by atoms with E-state index in [2.05, 4.69) is 12.2 Å². The molecule has 0 aromatic carbocycles. The number of carbonyl (C=O) groups excluding carboxylic acids is 2. The fraction of sp³-hybridized carbons (Fsp3) is 0.895. The van der Waals surface area contributed by atoms with Gasteiger partial charge in [0.1, 0.15) is 0 Å². The summed E-state index contributed by atoms with van der Waals surface area (Å²) < 4.78 is 21.7. The van der Waals surface area contributed by atoms with Crippen LogP contribution in [-0.4, -0.2) is 63.2 Å². The molecule has 0 aromatic heterocycles. The zero-order valence-electron chi connectivity index (χ0n) is 16.0. The van der Waals surface area contributed by atoms with E-state index in [1.54, 1.807) is 6.92 Å². The largest absolute Gasteiger partial charge is 0.454 e. The van der Waals surface area contributed by atoms with Crippen molar-refractivity contribution >= 4 is 11.9 Å². The van der Waals surface area contributed by atoms with Crippen LogP contribution in [0.3, 0.4) is 0 Å².